The smallest absolute Gasteiger partial charge is 0.222 e. The third kappa shape index (κ3) is 11.8. The van der Waals surface area contributed by atoms with Gasteiger partial charge in [0.15, 0.2) is 0 Å². The normalized spacial score (nSPS) is 22.4. The highest BCUT2D eigenvalue weighted by Gasteiger charge is 2.28. The zero-order valence-electron chi connectivity index (χ0n) is 19.0. The van der Waals surface area contributed by atoms with Crippen LogP contribution in [0, 0.1) is 11.8 Å². The maximum atomic E-state index is 12.0. The summed E-state index contributed by atoms with van der Waals surface area (Å²) in [5.41, 5.74) is 0. The van der Waals surface area contributed by atoms with Crippen LogP contribution in [-0.4, -0.2) is 42.2 Å². The van der Waals surface area contributed by atoms with Crippen molar-refractivity contribution < 1.29 is 20.9 Å². The van der Waals surface area contributed by atoms with Crippen LogP contribution in [0.25, 0.3) is 0 Å². The van der Waals surface area contributed by atoms with Gasteiger partial charge in [0.1, 0.15) is 5.78 Å². The molecule has 28 heavy (non-hydrogen) atoms. The molecule has 0 bridgehead atoms. The minimum atomic E-state index is 0. The Kier molecular flexibility index (Phi) is 16.4. The van der Waals surface area contributed by atoms with E-state index < -0.39 is 0 Å². The summed E-state index contributed by atoms with van der Waals surface area (Å²) in [7, 11) is 0. The fourth-order valence-corrected chi connectivity index (χ4v) is 3.84. The van der Waals surface area contributed by atoms with E-state index in [0.29, 0.717) is 24.9 Å². The molecule has 5 nitrogen and oxygen atoms in total. The molecule has 5 heteroatoms. The monoisotopic (exact) mass is 401 g/mol. The van der Waals surface area contributed by atoms with Crippen molar-refractivity contribution in [3.63, 3.8) is 0 Å². The van der Waals surface area contributed by atoms with Crippen LogP contribution in [-0.2, 0) is 14.3 Å². The maximum Gasteiger partial charge on any atom is 0.222 e. The van der Waals surface area contributed by atoms with E-state index in [1.165, 1.54) is 19.3 Å². The summed E-state index contributed by atoms with van der Waals surface area (Å²) in [6, 6.07) is 0.244. The van der Waals surface area contributed by atoms with Gasteiger partial charge in [-0.2, -0.15) is 0 Å². The minimum absolute atomic E-state index is 0. The second-order valence-electron chi connectivity index (χ2n) is 7.87. The summed E-state index contributed by atoms with van der Waals surface area (Å²) in [4.78, 5) is 24.0. The number of aliphatic hydroxyl groups is 1. The first-order valence-electron chi connectivity index (χ1n) is 11.5. The van der Waals surface area contributed by atoms with E-state index >= 15 is 0 Å². The highest BCUT2D eigenvalue weighted by molar-refractivity contribution is 5.83. The molecule has 0 aliphatic heterocycles. The second-order valence-corrected chi connectivity index (χ2v) is 7.87. The van der Waals surface area contributed by atoms with Crippen LogP contribution in [0.1, 0.15) is 100 Å². The van der Waals surface area contributed by atoms with E-state index in [1.54, 1.807) is 6.92 Å². The molecule has 1 amide bonds. The number of carbonyl (C=O) groups is 2. The fraction of sp³-hybridized carbons (Fsp3) is 0.913. The Morgan fingerprint density at radius 1 is 1.04 bits per heavy atom. The number of aliphatic hydroxyl groups excluding tert-OH is 1. The van der Waals surface area contributed by atoms with Gasteiger partial charge in [-0.1, -0.05) is 47.0 Å². The predicted molar refractivity (Wildman–Crippen MR) is 117 cm³/mol. The van der Waals surface area contributed by atoms with Crippen molar-refractivity contribution in [2.24, 2.45) is 11.8 Å². The first kappa shape index (κ1) is 27.1. The largest absolute Gasteiger partial charge is 0.397 e. The highest BCUT2D eigenvalue weighted by atomic mass is 16.5. The zero-order valence-corrected chi connectivity index (χ0v) is 19.0. The predicted octanol–water partition coefficient (Wildman–Crippen LogP) is 4.90. The van der Waals surface area contributed by atoms with Gasteiger partial charge in [-0.3, -0.25) is 9.59 Å². The standard InChI is InChI=1S/C19H33NO3.C2H6O.C2H6.H2/c1-14(2)19(22)15-8-10-16(11-9-15)20-18(21)12-13-23-17-6-4-3-5-7-17;1-2-3;1-2;/h14-17H,3-13H2,1-2H3,(H,20,21);3H,2H2,1H3;1-2H3;1H. The Bertz CT molecular complexity index is 404. The van der Waals surface area contributed by atoms with Gasteiger partial charge in [-0.05, 0) is 45.4 Å². The van der Waals surface area contributed by atoms with Gasteiger partial charge in [0.25, 0.3) is 0 Å². The van der Waals surface area contributed by atoms with Gasteiger partial charge in [-0.25, -0.2) is 0 Å². The summed E-state index contributed by atoms with van der Waals surface area (Å²) < 4.78 is 5.81. The summed E-state index contributed by atoms with van der Waals surface area (Å²) in [6.07, 6.45) is 10.7. The molecule has 2 rings (SSSR count). The Hall–Kier alpha value is -0.940. The number of ether oxygens (including phenoxy) is 1. The van der Waals surface area contributed by atoms with Crippen molar-refractivity contribution >= 4 is 11.7 Å². The molecule has 0 atom stereocenters. The van der Waals surface area contributed by atoms with E-state index in [0.717, 1.165) is 38.5 Å². The number of nitrogens with one attached hydrogen (secondary N) is 1. The number of carbonyl (C=O) groups excluding carboxylic acids is 2. The van der Waals surface area contributed by atoms with Gasteiger partial charge in [0.2, 0.25) is 5.91 Å². The fourth-order valence-electron chi connectivity index (χ4n) is 3.84. The van der Waals surface area contributed by atoms with Gasteiger partial charge in [0.05, 0.1) is 12.7 Å². The van der Waals surface area contributed by atoms with Crippen molar-refractivity contribution in [3.05, 3.63) is 0 Å². The van der Waals surface area contributed by atoms with E-state index in [9.17, 15) is 9.59 Å². The molecule has 2 saturated carbocycles. The van der Waals surface area contributed by atoms with Gasteiger partial charge in [0, 0.05) is 32.3 Å². The van der Waals surface area contributed by atoms with Crippen molar-refractivity contribution in [2.75, 3.05) is 13.2 Å². The number of Topliss-reactive ketones (excluding diaryl/α,β-unsaturated/α-hetero) is 1. The van der Waals surface area contributed by atoms with Crippen LogP contribution >= 0.6 is 0 Å². The van der Waals surface area contributed by atoms with E-state index in [-0.39, 0.29) is 31.8 Å². The lowest BCUT2D eigenvalue weighted by atomic mass is 9.80. The topological polar surface area (TPSA) is 75.6 Å². The SMILES string of the molecule is CC.CC(C)C(=O)C1CCC(NC(=O)CCOC2CCCCC2)CC1.CCO.[HH]. The molecular formula is C23H47NO4. The van der Waals surface area contributed by atoms with E-state index in [4.69, 9.17) is 9.84 Å². The first-order chi connectivity index (χ1) is 13.5. The van der Waals surface area contributed by atoms with E-state index in [2.05, 4.69) is 5.32 Å². The maximum absolute atomic E-state index is 12.0. The average Bonchev–Trinajstić information content (AvgIpc) is 2.71. The van der Waals surface area contributed by atoms with Crippen LogP contribution in [0.4, 0.5) is 0 Å². The van der Waals surface area contributed by atoms with Gasteiger partial charge in [-0.15, -0.1) is 0 Å². The van der Waals surface area contributed by atoms with Crippen LogP contribution in [0.15, 0.2) is 0 Å². The first-order valence-corrected chi connectivity index (χ1v) is 11.5. The zero-order chi connectivity index (χ0) is 21.4. The summed E-state index contributed by atoms with van der Waals surface area (Å²) >= 11 is 0. The third-order valence-corrected chi connectivity index (χ3v) is 5.30. The molecule has 2 aliphatic rings. The molecule has 168 valence electrons. The Labute approximate surface area is 174 Å². The third-order valence-electron chi connectivity index (χ3n) is 5.30. The molecule has 0 radical (unpaired) electrons. The molecule has 0 spiro atoms. The number of rotatable bonds is 7. The van der Waals surface area contributed by atoms with E-state index in [1.807, 2.05) is 27.7 Å². The summed E-state index contributed by atoms with van der Waals surface area (Å²) in [5, 5.41) is 10.7. The molecule has 0 heterocycles. The van der Waals surface area contributed by atoms with Crippen molar-refractivity contribution in [1.29, 1.82) is 0 Å². The Morgan fingerprint density at radius 3 is 2.07 bits per heavy atom. The Morgan fingerprint density at radius 2 is 1.57 bits per heavy atom. The van der Waals surface area contributed by atoms with Gasteiger partial charge < -0.3 is 15.2 Å². The molecule has 0 saturated heterocycles. The van der Waals surface area contributed by atoms with Crippen LogP contribution in [0.3, 0.4) is 0 Å². The van der Waals surface area contributed by atoms with Crippen molar-refractivity contribution in [2.45, 2.75) is 111 Å². The lowest BCUT2D eigenvalue weighted by Crippen LogP contribution is -2.39. The van der Waals surface area contributed by atoms with Crippen molar-refractivity contribution in [1.82, 2.24) is 5.32 Å². The quantitative estimate of drug-likeness (QED) is 0.636. The second kappa shape index (κ2) is 17.0. The molecule has 0 aromatic carbocycles. The van der Waals surface area contributed by atoms with Crippen molar-refractivity contribution in [3.8, 4) is 0 Å². The molecule has 2 fully saturated rings. The molecule has 2 aliphatic carbocycles. The van der Waals surface area contributed by atoms with Crippen LogP contribution in [0.5, 0.6) is 0 Å². The lowest BCUT2D eigenvalue weighted by Gasteiger charge is -2.29. The number of amides is 1. The number of hydrogen-bond donors (Lipinski definition) is 2. The van der Waals surface area contributed by atoms with Crippen LogP contribution in [0.2, 0.25) is 0 Å². The highest BCUT2D eigenvalue weighted by Crippen LogP contribution is 2.27. The molecule has 0 unspecified atom stereocenters. The van der Waals surface area contributed by atoms with Crippen LogP contribution < -0.4 is 5.32 Å². The summed E-state index contributed by atoms with van der Waals surface area (Å²) in [5.74, 6) is 0.816. The molecule has 0 aromatic heterocycles. The average molecular weight is 402 g/mol. The molecular weight excluding hydrogens is 354 g/mol. The lowest BCUT2D eigenvalue weighted by molar-refractivity contribution is -0.127. The number of hydrogen-bond acceptors (Lipinski definition) is 4. The minimum Gasteiger partial charge on any atom is -0.397 e. The molecule has 0 aromatic rings. The number of ketones is 1. The van der Waals surface area contributed by atoms with Gasteiger partial charge >= 0.3 is 0 Å². The Balaban J connectivity index is 0. The summed E-state index contributed by atoms with van der Waals surface area (Å²) in [6.45, 7) is 10.4. The molecule has 2 N–H and O–H groups in total.